The highest BCUT2D eigenvalue weighted by Gasteiger charge is 2.15. The van der Waals surface area contributed by atoms with Gasteiger partial charge < -0.3 is 14.6 Å². The number of carboxylic acid groups (broad SMARTS) is 1. The Morgan fingerprint density at radius 1 is 1.52 bits per heavy atom. The van der Waals surface area contributed by atoms with Crippen LogP contribution in [-0.2, 0) is 11.3 Å². The summed E-state index contributed by atoms with van der Waals surface area (Å²) in [6.07, 6.45) is 0. The summed E-state index contributed by atoms with van der Waals surface area (Å²) in [5.74, 6) is -1.34. The van der Waals surface area contributed by atoms with Gasteiger partial charge in [0.1, 0.15) is 5.82 Å². The topological polar surface area (TPSA) is 58.4 Å². The number of imidazole rings is 1. The maximum atomic E-state index is 13.8. The van der Waals surface area contributed by atoms with Gasteiger partial charge in [0.05, 0.1) is 21.3 Å². The van der Waals surface area contributed by atoms with Crippen molar-refractivity contribution in [3.05, 3.63) is 22.4 Å². The number of benzene rings is 1. The summed E-state index contributed by atoms with van der Waals surface area (Å²) in [5, 5.41) is 9.40. The molecule has 0 atom stereocenters. The number of halogens is 2. The lowest BCUT2D eigenvalue weighted by molar-refractivity contribution is -0.133. The van der Waals surface area contributed by atoms with Crippen molar-refractivity contribution < 1.29 is 14.3 Å². The van der Waals surface area contributed by atoms with Gasteiger partial charge in [-0.05, 0) is 36.1 Å². The van der Waals surface area contributed by atoms with Crippen molar-refractivity contribution in [1.29, 1.82) is 0 Å². The molecule has 1 N–H and O–H groups in total. The maximum Gasteiger partial charge on any atom is 0.313 e. The molecule has 0 saturated heterocycles. The second-order valence-corrected chi connectivity index (χ2v) is 6.58. The van der Waals surface area contributed by atoms with Crippen molar-refractivity contribution in [2.24, 2.45) is 0 Å². The lowest BCUT2D eigenvalue weighted by Crippen LogP contribution is -2.19. The van der Waals surface area contributed by atoms with Crippen LogP contribution in [0.4, 0.5) is 4.39 Å². The summed E-state index contributed by atoms with van der Waals surface area (Å²) in [5.41, 5.74) is 1.32. The molecule has 0 saturated carbocycles. The Balaban J connectivity index is 2.43. The van der Waals surface area contributed by atoms with Gasteiger partial charge in [-0.1, -0.05) is 11.8 Å². The van der Waals surface area contributed by atoms with Gasteiger partial charge in [-0.2, -0.15) is 0 Å². The number of thioether (sulfide) groups is 1. The zero-order valence-corrected chi connectivity index (χ0v) is 14.0. The summed E-state index contributed by atoms with van der Waals surface area (Å²) < 4.78 is 16.0. The molecule has 0 amide bonds. The molecule has 2 rings (SSSR count). The van der Waals surface area contributed by atoms with Crippen LogP contribution in [-0.4, -0.2) is 51.9 Å². The van der Waals surface area contributed by atoms with E-state index in [4.69, 9.17) is 5.11 Å². The Labute approximate surface area is 134 Å². The van der Waals surface area contributed by atoms with E-state index in [1.165, 1.54) is 6.07 Å². The second-order valence-electron chi connectivity index (χ2n) is 4.79. The summed E-state index contributed by atoms with van der Waals surface area (Å²) in [6.45, 7) is 1.37. The standard InChI is InChI=1S/C13H15BrFN3O2S/c1-17(2)3-4-18-11-6-9(15)8(14)5-10(11)16-13(18)21-7-12(19)20/h5-6H,3-4,7H2,1-2H3,(H,19,20). The summed E-state index contributed by atoms with van der Waals surface area (Å²) in [4.78, 5) is 17.2. The highest BCUT2D eigenvalue weighted by molar-refractivity contribution is 9.10. The first-order valence-corrected chi connectivity index (χ1v) is 8.01. The number of rotatable bonds is 6. The fourth-order valence-electron chi connectivity index (χ4n) is 1.85. The molecule has 5 nitrogen and oxygen atoms in total. The molecular weight excluding hydrogens is 361 g/mol. The molecule has 0 aliphatic heterocycles. The number of aliphatic carboxylic acids is 1. The Hall–Kier alpha value is -1.12. The van der Waals surface area contributed by atoms with Crippen LogP contribution in [0.25, 0.3) is 11.0 Å². The van der Waals surface area contributed by atoms with Gasteiger partial charge >= 0.3 is 5.97 Å². The molecule has 0 aliphatic rings. The average molecular weight is 376 g/mol. The predicted octanol–water partition coefficient (Wildman–Crippen LogP) is 2.68. The molecule has 1 heterocycles. The van der Waals surface area contributed by atoms with E-state index >= 15 is 0 Å². The van der Waals surface area contributed by atoms with E-state index < -0.39 is 5.97 Å². The third-order valence-corrected chi connectivity index (χ3v) is 4.42. The van der Waals surface area contributed by atoms with Crippen molar-refractivity contribution in [1.82, 2.24) is 14.5 Å². The minimum absolute atomic E-state index is 0.0745. The van der Waals surface area contributed by atoms with Gasteiger partial charge in [-0.3, -0.25) is 4.79 Å². The van der Waals surface area contributed by atoms with Crippen LogP contribution < -0.4 is 0 Å². The van der Waals surface area contributed by atoms with Gasteiger partial charge in [0.2, 0.25) is 0 Å². The number of hydrogen-bond acceptors (Lipinski definition) is 4. The molecule has 2 aromatic rings. The largest absolute Gasteiger partial charge is 0.481 e. The zero-order chi connectivity index (χ0) is 15.6. The minimum Gasteiger partial charge on any atom is -0.481 e. The number of aromatic nitrogens is 2. The van der Waals surface area contributed by atoms with Crippen molar-refractivity contribution in [3.63, 3.8) is 0 Å². The molecule has 1 aromatic carbocycles. The number of hydrogen-bond donors (Lipinski definition) is 1. The van der Waals surface area contributed by atoms with Gasteiger partial charge in [0.15, 0.2) is 5.16 Å². The quantitative estimate of drug-likeness (QED) is 0.786. The summed E-state index contributed by atoms with van der Waals surface area (Å²) >= 11 is 4.28. The molecular formula is C13H15BrFN3O2S. The molecule has 0 bridgehead atoms. The van der Waals surface area contributed by atoms with Crippen molar-refractivity contribution in [2.75, 3.05) is 26.4 Å². The summed E-state index contributed by atoms with van der Waals surface area (Å²) in [7, 11) is 3.89. The van der Waals surface area contributed by atoms with Crippen molar-refractivity contribution in [3.8, 4) is 0 Å². The third-order valence-electron chi connectivity index (χ3n) is 2.85. The molecule has 0 unspecified atom stereocenters. The zero-order valence-electron chi connectivity index (χ0n) is 11.6. The first kappa shape index (κ1) is 16.3. The van der Waals surface area contributed by atoms with Gasteiger partial charge in [-0.25, -0.2) is 9.37 Å². The second kappa shape index (κ2) is 6.76. The molecule has 114 valence electrons. The SMILES string of the molecule is CN(C)CCn1c(SCC(=O)O)nc2cc(Br)c(F)cc21. The van der Waals surface area contributed by atoms with Crippen LogP contribution in [0.1, 0.15) is 0 Å². The Morgan fingerprint density at radius 3 is 2.86 bits per heavy atom. The van der Waals surface area contributed by atoms with Gasteiger partial charge in [0.25, 0.3) is 0 Å². The van der Waals surface area contributed by atoms with E-state index in [-0.39, 0.29) is 11.6 Å². The van der Waals surface area contributed by atoms with E-state index in [0.29, 0.717) is 27.2 Å². The Bertz CT molecular complexity index is 675. The van der Waals surface area contributed by atoms with E-state index in [9.17, 15) is 9.18 Å². The number of carboxylic acids is 1. The van der Waals surface area contributed by atoms with Crippen LogP contribution >= 0.6 is 27.7 Å². The third kappa shape index (κ3) is 3.96. The fourth-order valence-corrected chi connectivity index (χ4v) is 2.94. The Morgan fingerprint density at radius 2 is 2.24 bits per heavy atom. The first-order chi connectivity index (χ1) is 9.88. The summed E-state index contributed by atoms with van der Waals surface area (Å²) in [6, 6.07) is 3.04. The molecule has 0 spiro atoms. The number of likely N-dealkylation sites (N-methyl/N-ethyl adjacent to an activating group) is 1. The van der Waals surface area contributed by atoms with Crippen molar-refractivity contribution in [2.45, 2.75) is 11.7 Å². The normalized spacial score (nSPS) is 11.5. The van der Waals surface area contributed by atoms with E-state index in [1.54, 1.807) is 6.07 Å². The fraction of sp³-hybridized carbons (Fsp3) is 0.385. The van der Waals surface area contributed by atoms with E-state index in [0.717, 1.165) is 18.3 Å². The van der Waals surface area contributed by atoms with Crippen LogP contribution in [0.2, 0.25) is 0 Å². The molecule has 8 heteroatoms. The lowest BCUT2D eigenvalue weighted by Gasteiger charge is -2.12. The van der Waals surface area contributed by atoms with Crippen LogP contribution in [0.15, 0.2) is 21.8 Å². The molecule has 21 heavy (non-hydrogen) atoms. The lowest BCUT2D eigenvalue weighted by atomic mass is 10.3. The van der Waals surface area contributed by atoms with E-state index in [2.05, 4.69) is 20.9 Å². The Kier molecular flexibility index (Phi) is 5.23. The smallest absolute Gasteiger partial charge is 0.313 e. The number of fused-ring (bicyclic) bond motifs is 1. The highest BCUT2D eigenvalue weighted by Crippen LogP contribution is 2.28. The van der Waals surface area contributed by atoms with Crippen LogP contribution in [0.3, 0.4) is 0 Å². The van der Waals surface area contributed by atoms with Gasteiger partial charge in [0, 0.05) is 19.2 Å². The van der Waals surface area contributed by atoms with Gasteiger partial charge in [-0.15, -0.1) is 0 Å². The highest BCUT2D eigenvalue weighted by atomic mass is 79.9. The molecule has 0 radical (unpaired) electrons. The van der Waals surface area contributed by atoms with Crippen LogP contribution in [0, 0.1) is 5.82 Å². The maximum absolute atomic E-state index is 13.8. The minimum atomic E-state index is -0.904. The average Bonchev–Trinajstić information content (AvgIpc) is 2.71. The molecule has 0 aliphatic carbocycles. The van der Waals surface area contributed by atoms with Crippen molar-refractivity contribution >= 4 is 44.7 Å². The first-order valence-electron chi connectivity index (χ1n) is 6.23. The molecule has 0 fully saturated rings. The monoisotopic (exact) mass is 375 g/mol. The van der Waals surface area contributed by atoms with E-state index in [1.807, 2.05) is 23.6 Å². The number of carbonyl (C=O) groups is 1. The number of nitrogens with zero attached hydrogens (tertiary/aromatic N) is 3. The predicted molar refractivity (Wildman–Crippen MR) is 84.3 cm³/mol. The molecule has 1 aromatic heterocycles. The van der Waals surface area contributed by atoms with Crippen LogP contribution in [0.5, 0.6) is 0 Å².